The summed E-state index contributed by atoms with van der Waals surface area (Å²) in [5.74, 6) is -0.879. The molecule has 0 spiro atoms. The Hall–Kier alpha value is -2.39. The van der Waals surface area contributed by atoms with Crippen molar-refractivity contribution in [3.63, 3.8) is 0 Å². The van der Waals surface area contributed by atoms with Crippen molar-refractivity contribution in [1.29, 1.82) is 0 Å². The third-order valence-corrected chi connectivity index (χ3v) is 6.13. The summed E-state index contributed by atoms with van der Waals surface area (Å²) in [6.45, 7) is 0.137. The molecule has 2 unspecified atom stereocenters. The average molecular weight is 412 g/mol. The summed E-state index contributed by atoms with van der Waals surface area (Å²) in [5.41, 5.74) is 0.386. The Morgan fingerprint density at radius 1 is 1.14 bits per heavy atom. The van der Waals surface area contributed by atoms with Gasteiger partial charge in [0.1, 0.15) is 0 Å². The van der Waals surface area contributed by atoms with E-state index in [0.29, 0.717) is 17.5 Å². The van der Waals surface area contributed by atoms with E-state index < -0.39 is 21.8 Å². The van der Waals surface area contributed by atoms with E-state index in [1.54, 1.807) is 18.2 Å². The fourth-order valence-corrected chi connectivity index (χ4v) is 3.86. The summed E-state index contributed by atoms with van der Waals surface area (Å²) < 4.78 is 64.4. The minimum absolute atomic E-state index is 0.0926. The standard InChI is InChI=1S/C19H19F3N2O3S/c1-23-28(26,27)15-7-2-4-12(8-15)11-24-18(25)17-10-16(17)13-5-3-6-14(9-13)19(20,21)22/h2-9,16-17,23H,10-11H2,1H3,(H,24,25). The van der Waals surface area contributed by atoms with Crippen LogP contribution in [0.2, 0.25) is 0 Å². The number of nitrogens with one attached hydrogen (secondary N) is 2. The lowest BCUT2D eigenvalue weighted by atomic mass is 10.1. The highest BCUT2D eigenvalue weighted by molar-refractivity contribution is 7.89. The van der Waals surface area contributed by atoms with Gasteiger partial charge >= 0.3 is 6.18 Å². The fourth-order valence-electron chi connectivity index (χ4n) is 3.06. The predicted molar refractivity (Wildman–Crippen MR) is 96.8 cm³/mol. The van der Waals surface area contributed by atoms with Gasteiger partial charge in [0.2, 0.25) is 15.9 Å². The van der Waals surface area contributed by atoms with Crippen molar-refractivity contribution >= 4 is 15.9 Å². The van der Waals surface area contributed by atoms with E-state index in [2.05, 4.69) is 10.0 Å². The van der Waals surface area contributed by atoms with E-state index in [0.717, 1.165) is 12.1 Å². The average Bonchev–Trinajstić information content (AvgIpc) is 3.47. The molecule has 1 amide bonds. The summed E-state index contributed by atoms with van der Waals surface area (Å²) >= 11 is 0. The van der Waals surface area contributed by atoms with Crippen LogP contribution >= 0.6 is 0 Å². The molecular formula is C19H19F3N2O3S. The van der Waals surface area contributed by atoms with Crippen LogP contribution in [0.1, 0.15) is 29.0 Å². The van der Waals surface area contributed by atoms with Crippen molar-refractivity contribution in [2.75, 3.05) is 7.05 Å². The maximum atomic E-state index is 12.8. The molecule has 150 valence electrons. The quantitative estimate of drug-likeness (QED) is 0.766. The molecule has 0 radical (unpaired) electrons. The number of carbonyl (C=O) groups excluding carboxylic acids is 1. The SMILES string of the molecule is CNS(=O)(=O)c1cccc(CNC(=O)C2CC2c2cccc(C(F)(F)F)c2)c1. The largest absolute Gasteiger partial charge is 0.416 e. The molecule has 3 rings (SSSR count). The van der Waals surface area contributed by atoms with Gasteiger partial charge in [0.05, 0.1) is 10.5 Å². The molecule has 1 fully saturated rings. The van der Waals surface area contributed by atoms with E-state index in [1.807, 2.05) is 0 Å². The Balaban J connectivity index is 1.61. The van der Waals surface area contributed by atoms with Gasteiger partial charge in [0.15, 0.2) is 0 Å². The van der Waals surface area contributed by atoms with Crippen molar-refractivity contribution < 1.29 is 26.4 Å². The Morgan fingerprint density at radius 3 is 2.54 bits per heavy atom. The van der Waals surface area contributed by atoms with Crippen molar-refractivity contribution in [1.82, 2.24) is 10.0 Å². The van der Waals surface area contributed by atoms with Gasteiger partial charge in [-0.1, -0.05) is 30.3 Å². The molecule has 0 aromatic heterocycles. The first-order valence-corrected chi connectivity index (χ1v) is 10.1. The third-order valence-electron chi connectivity index (χ3n) is 4.71. The minimum atomic E-state index is -4.42. The molecule has 5 nitrogen and oxygen atoms in total. The molecule has 0 bridgehead atoms. The number of sulfonamides is 1. The van der Waals surface area contributed by atoms with E-state index in [-0.39, 0.29) is 29.2 Å². The van der Waals surface area contributed by atoms with Crippen LogP contribution in [0, 0.1) is 5.92 Å². The van der Waals surface area contributed by atoms with Crippen molar-refractivity contribution in [3.8, 4) is 0 Å². The smallest absolute Gasteiger partial charge is 0.352 e. The van der Waals surface area contributed by atoms with Gasteiger partial charge in [-0.05, 0) is 48.7 Å². The number of alkyl halides is 3. The molecule has 1 aliphatic rings. The minimum Gasteiger partial charge on any atom is -0.352 e. The van der Waals surface area contributed by atoms with Crippen molar-refractivity contribution in [2.45, 2.75) is 30.0 Å². The molecule has 9 heteroatoms. The van der Waals surface area contributed by atoms with Crippen LogP contribution in [-0.4, -0.2) is 21.4 Å². The van der Waals surface area contributed by atoms with Crippen LogP contribution in [0.15, 0.2) is 53.4 Å². The van der Waals surface area contributed by atoms with Gasteiger partial charge in [-0.15, -0.1) is 0 Å². The zero-order valence-electron chi connectivity index (χ0n) is 15.0. The maximum Gasteiger partial charge on any atom is 0.416 e. The fraction of sp³-hybridized carbons (Fsp3) is 0.316. The van der Waals surface area contributed by atoms with Crippen LogP contribution in [0.25, 0.3) is 0 Å². The van der Waals surface area contributed by atoms with Crippen LogP contribution < -0.4 is 10.0 Å². The van der Waals surface area contributed by atoms with Gasteiger partial charge in [0.25, 0.3) is 0 Å². The van der Waals surface area contributed by atoms with Gasteiger partial charge in [-0.3, -0.25) is 4.79 Å². The highest BCUT2D eigenvalue weighted by Gasteiger charge is 2.44. The van der Waals surface area contributed by atoms with E-state index >= 15 is 0 Å². The number of carbonyl (C=O) groups is 1. The van der Waals surface area contributed by atoms with Gasteiger partial charge < -0.3 is 5.32 Å². The topological polar surface area (TPSA) is 75.3 Å². The van der Waals surface area contributed by atoms with Crippen molar-refractivity contribution in [2.24, 2.45) is 5.92 Å². The zero-order valence-corrected chi connectivity index (χ0v) is 15.8. The van der Waals surface area contributed by atoms with E-state index in [4.69, 9.17) is 0 Å². The number of hydrogen-bond acceptors (Lipinski definition) is 3. The van der Waals surface area contributed by atoms with Crippen LogP contribution in [0.5, 0.6) is 0 Å². The normalized spacial score (nSPS) is 19.3. The number of hydrogen-bond donors (Lipinski definition) is 2. The van der Waals surface area contributed by atoms with E-state index in [9.17, 15) is 26.4 Å². The first-order valence-electron chi connectivity index (χ1n) is 8.59. The molecule has 28 heavy (non-hydrogen) atoms. The highest BCUT2D eigenvalue weighted by atomic mass is 32.2. The number of amides is 1. The Labute approximate surface area is 161 Å². The van der Waals surface area contributed by atoms with Crippen LogP contribution in [-0.2, 0) is 27.5 Å². The molecule has 0 saturated heterocycles. The molecule has 2 aromatic rings. The number of rotatable bonds is 6. The van der Waals surface area contributed by atoms with Gasteiger partial charge in [-0.2, -0.15) is 13.2 Å². The lowest BCUT2D eigenvalue weighted by molar-refractivity contribution is -0.137. The number of benzene rings is 2. The van der Waals surface area contributed by atoms with Crippen molar-refractivity contribution in [3.05, 3.63) is 65.2 Å². The Morgan fingerprint density at radius 2 is 1.86 bits per heavy atom. The molecule has 1 aliphatic carbocycles. The number of halogens is 3. The molecule has 2 aromatic carbocycles. The highest BCUT2D eigenvalue weighted by Crippen LogP contribution is 2.48. The lowest BCUT2D eigenvalue weighted by Crippen LogP contribution is -2.25. The van der Waals surface area contributed by atoms with Crippen LogP contribution in [0.4, 0.5) is 13.2 Å². The summed E-state index contributed by atoms with van der Waals surface area (Å²) in [6.07, 6.45) is -3.93. The molecule has 0 aliphatic heterocycles. The second-order valence-electron chi connectivity index (χ2n) is 6.64. The molecular weight excluding hydrogens is 393 g/mol. The second-order valence-corrected chi connectivity index (χ2v) is 8.53. The van der Waals surface area contributed by atoms with Gasteiger partial charge in [-0.25, -0.2) is 13.1 Å². The monoisotopic (exact) mass is 412 g/mol. The molecule has 1 saturated carbocycles. The maximum absolute atomic E-state index is 12.8. The Bertz CT molecular complexity index is 990. The molecule has 2 N–H and O–H groups in total. The third kappa shape index (κ3) is 4.53. The zero-order chi connectivity index (χ0) is 20.5. The predicted octanol–water partition coefficient (Wildman–Crippen LogP) is 3.03. The summed E-state index contributed by atoms with van der Waals surface area (Å²) in [7, 11) is -2.27. The van der Waals surface area contributed by atoms with Gasteiger partial charge in [0, 0.05) is 12.5 Å². The lowest BCUT2D eigenvalue weighted by Gasteiger charge is -2.09. The summed E-state index contributed by atoms with van der Waals surface area (Å²) in [5, 5.41) is 2.73. The summed E-state index contributed by atoms with van der Waals surface area (Å²) in [4.78, 5) is 12.4. The van der Waals surface area contributed by atoms with Crippen LogP contribution in [0.3, 0.4) is 0 Å². The Kier molecular flexibility index (Phi) is 5.49. The van der Waals surface area contributed by atoms with E-state index in [1.165, 1.54) is 25.2 Å². The molecule has 2 atom stereocenters. The summed E-state index contributed by atoms with van der Waals surface area (Å²) in [6, 6.07) is 11.2. The second kappa shape index (κ2) is 7.56. The first-order chi connectivity index (χ1) is 13.1. The molecule has 0 heterocycles. The first kappa shape index (κ1) is 20.3.